The smallest absolute Gasteiger partial charge is 0.253 e. The third-order valence-electron chi connectivity index (χ3n) is 3.90. The average molecular weight is 261 g/mol. The molecular formula is C15H23N3O. The molecule has 0 aromatic carbocycles. The van der Waals surface area contributed by atoms with Gasteiger partial charge in [0.25, 0.3) is 5.91 Å². The minimum absolute atomic E-state index is 0.0660. The van der Waals surface area contributed by atoms with E-state index in [-0.39, 0.29) is 5.91 Å². The second-order valence-corrected chi connectivity index (χ2v) is 5.45. The van der Waals surface area contributed by atoms with Crippen molar-refractivity contribution in [2.75, 3.05) is 12.3 Å². The predicted molar refractivity (Wildman–Crippen MR) is 76.9 cm³/mol. The van der Waals surface area contributed by atoms with E-state index in [1.54, 1.807) is 12.3 Å². The fourth-order valence-corrected chi connectivity index (χ4v) is 2.77. The Labute approximate surface area is 114 Å². The van der Waals surface area contributed by atoms with Gasteiger partial charge in [0.2, 0.25) is 0 Å². The third kappa shape index (κ3) is 3.94. The molecule has 1 aromatic heterocycles. The molecule has 19 heavy (non-hydrogen) atoms. The molecule has 0 aliphatic heterocycles. The summed E-state index contributed by atoms with van der Waals surface area (Å²) in [5, 5.41) is 2.96. The van der Waals surface area contributed by atoms with Crippen LogP contribution >= 0.6 is 0 Å². The zero-order chi connectivity index (χ0) is 13.7. The fourth-order valence-electron chi connectivity index (χ4n) is 2.77. The highest BCUT2D eigenvalue weighted by molar-refractivity contribution is 5.95. The summed E-state index contributed by atoms with van der Waals surface area (Å²) in [5.74, 6) is 0.816. The van der Waals surface area contributed by atoms with E-state index in [0.717, 1.165) is 24.6 Å². The van der Waals surface area contributed by atoms with Crippen LogP contribution in [-0.2, 0) is 0 Å². The summed E-state index contributed by atoms with van der Waals surface area (Å²) in [6.07, 6.45) is 9.36. The lowest BCUT2D eigenvalue weighted by Gasteiger charge is -2.10. The van der Waals surface area contributed by atoms with Crippen LogP contribution in [0.1, 0.15) is 54.6 Å². The summed E-state index contributed by atoms with van der Waals surface area (Å²) in [7, 11) is 0. The number of hydrogen-bond donors (Lipinski definition) is 2. The van der Waals surface area contributed by atoms with Crippen LogP contribution in [0.3, 0.4) is 0 Å². The lowest BCUT2D eigenvalue weighted by atomic mass is 10.0. The first-order valence-electron chi connectivity index (χ1n) is 7.17. The maximum absolute atomic E-state index is 12.0. The Morgan fingerprint density at radius 1 is 1.47 bits per heavy atom. The molecule has 1 aliphatic carbocycles. The molecule has 0 spiro atoms. The summed E-state index contributed by atoms with van der Waals surface area (Å²) in [6.45, 7) is 2.57. The van der Waals surface area contributed by atoms with Crippen molar-refractivity contribution in [3.63, 3.8) is 0 Å². The highest BCUT2D eigenvalue weighted by Crippen LogP contribution is 2.28. The van der Waals surface area contributed by atoms with Crippen molar-refractivity contribution in [2.24, 2.45) is 5.92 Å². The lowest BCUT2D eigenvalue weighted by Crippen LogP contribution is -2.26. The van der Waals surface area contributed by atoms with Gasteiger partial charge < -0.3 is 11.1 Å². The van der Waals surface area contributed by atoms with Gasteiger partial charge in [-0.05, 0) is 31.7 Å². The van der Waals surface area contributed by atoms with Crippen LogP contribution in [0.2, 0.25) is 0 Å². The molecule has 4 nitrogen and oxygen atoms in total. The number of hydrogen-bond acceptors (Lipinski definition) is 3. The number of aryl methyl sites for hydroxylation is 1. The van der Waals surface area contributed by atoms with E-state index in [1.807, 2.05) is 6.92 Å². The molecular weight excluding hydrogens is 238 g/mol. The van der Waals surface area contributed by atoms with E-state index in [1.165, 1.54) is 32.1 Å². The van der Waals surface area contributed by atoms with Crippen LogP contribution in [0.5, 0.6) is 0 Å². The molecule has 0 atom stereocenters. The zero-order valence-electron chi connectivity index (χ0n) is 11.6. The van der Waals surface area contributed by atoms with Gasteiger partial charge in [-0.3, -0.25) is 9.78 Å². The van der Waals surface area contributed by atoms with E-state index < -0.39 is 0 Å². The van der Waals surface area contributed by atoms with Gasteiger partial charge in [0.15, 0.2) is 0 Å². The average Bonchev–Trinajstić information content (AvgIpc) is 2.90. The number of nitrogens with two attached hydrogens (primary N) is 1. The normalized spacial score (nSPS) is 15.6. The first kappa shape index (κ1) is 13.8. The number of pyridine rings is 1. The summed E-state index contributed by atoms with van der Waals surface area (Å²) in [6, 6.07) is 1.69. The summed E-state index contributed by atoms with van der Waals surface area (Å²) >= 11 is 0. The Morgan fingerprint density at radius 2 is 2.21 bits per heavy atom. The van der Waals surface area contributed by atoms with Gasteiger partial charge in [0.1, 0.15) is 0 Å². The highest BCUT2D eigenvalue weighted by Gasteiger charge is 2.14. The molecule has 0 bridgehead atoms. The number of carbonyl (C=O) groups excluding carboxylic acids is 1. The minimum atomic E-state index is -0.0660. The molecule has 0 saturated heterocycles. The standard InChI is InChI=1S/C15H23N3O/c1-11-14(9-13(16)10-18-11)15(19)17-8-4-7-12-5-2-3-6-12/h9-10,12H,2-8,16H2,1H3,(H,17,19). The van der Waals surface area contributed by atoms with Gasteiger partial charge in [-0.15, -0.1) is 0 Å². The number of amides is 1. The van der Waals surface area contributed by atoms with Crippen molar-refractivity contribution in [2.45, 2.75) is 45.4 Å². The Hall–Kier alpha value is -1.58. The van der Waals surface area contributed by atoms with E-state index in [4.69, 9.17) is 5.73 Å². The van der Waals surface area contributed by atoms with Crippen LogP contribution in [0.4, 0.5) is 5.69 Å². The SMILES string of the molecule is Cc1ncc(N)cc1C(=O)NCCCC1CCCC1. The summed E-state index contributed by atoms with van der Waals surface area (Å²) < 4.78 is 0. The maximum atomic E-state index is 12.0. The second-order valence-electron chi connectivity index (χ2n) is 5.45. The molecule has 4 heteroatoms. The summed E-state index contributed by atoms with van der Waals surface area (Å²) in [5.41, 5.74) is 7.50. The lowest BCUT2D eigenvalue weighted by molar-refractivity contribution is 0.0951. The number of carbonyl (C=O) groups is 1. The highest BCUT2D eigenvalue weighted by atomic mass is 16.1. The Bertz CT molecular complexity index is 439. The topological polar surface area (TPSA) is 68.0 Å². The summed E-state index contributed by atoms with van der Waals surface area (Å²) in [4.78, 5) is 16.1. The van der Waals surface area contributed by atoms with E-state index in [2.05, 4.69) is 10.3 Å². The van der Waals surface area contributed by atoms with Crippen molar-refractivity contribution in [3.8, 4) is 0 Å². The van der Waals surface area contributed by atoms with Gasteiger partial charge in [-0.25, -0.2) is 0 Å². The molecule has 1 fully saturated rings. The molecule has 1 saturated carbocycles. The molecule has 0 radical (unpaired) electrons. The van der Waals surface area contributed by atoms with Crippen LogP contribution in [0, 0.1) is 12.8 Å². The fraction of sp³-hybridized carbons (Fsp3) is 0.600. The molecule has 1 amide bonds. The molecule has 104 valence electrons. The van der Waals surface area contributed by atoms with Crippen molar-refractivity contribution < 1.29 is 4.79 Å². The van der Waals surface area contributed by atoms with Gasteiger partial charge in [0, 0.05) is 6.54 Å². The van der Waals surface area contributed by atoms with E-state index in [9.17, 15) is 4.79 Å². The predicted octanol–water partition coefficient (Wildman–Crippen LogP) is 2.67. The Morgan fingerprint density at radius 3 is 2.95 bits per heavy atom. The molecule has 2 rings (SSSR count). The van der Waals surface area contributed by atoms with Crippen LogP contribution < -0.4 is 11.1 Å². The molecule has 1 aromatic rings. The second kappa shape index (κ2) is 6.55. The quantitative estimate of drug-likeness (QED) is 0.801. The largest absolute Gasteiger partial charge is 0.397 e. The number of nitrogens with zero attached hydrogens (tertiary/aromatic N) is 1. The first-order valence-corrected chi connectivity index (χ1v) is 7.17. The van der Waals surface area contributed by atoms with Crippen LogP contribution in [-0.4, -0.2) is 17.4 Å². The number of aromatic nitrogens is 1. The van der Waals surface area contributed by atoms with Gasteiger partial charge in [-0.1, -0.05) is 25.7 Å². The van der Waals surface area contributed by atoms with E-state index >= 15 is 0 Å². The maximum Gasteiger partial charge on any atom is 0.253 e. The van der Waals surface area contributed by atoms with Crippen molar-refractivity contribution in [1.29, 1.82) is 0 Å². The number of rotatable bonds is 5. The molecule has 3 N–H and O–H groups in total. The first-order chi connectivity index (χ1) is 9.16. The number of nitrogens with one attached hydrogen (secondary N) is 1. The van der Waals surface area contributed by atoms with Gasteiger partial charge in [-0.2, -0.15) is 0 Å². The van der Waals surface area contributed by atoms with Gasteiger partial charge in [0.05, 0.1) is 23.1 Å². The van der Waals surface area contributed by atoms with E-state index in [0.29, 0.717) is 11.3 Å². The van der Waals surface area contributed by atoms with Crippen LogP contribution in [0.25, 0.3) is 0 Å². The number of anilines is 1. The molecule has 1 heterocycles. The number of nitrogen functional groups attached to an aromatic ring is 1. The van der Waals surface area contributed by atoms with Crippen molar-refractivity contribution in [3.05, 3.63) is 23.5 Å². The van der Waals surface area contributed by atoms with Crippen molar-refractivity contribution >= 4 is 11.6 Å². The Kier molecular flexibility index (Phi) is 4.77. The monoisotopic (exact) mass is 261 g/mol. The third-order valence-corrected chi connectivity index (χ3v) is 3.90. The molecule has 1 aliphatic rings. The van der Waals surface area contributed by atoms with Crippen molar-refractivity contribution in [1.82, 2.24) is 10.3 Å². The Balaban J connectivity index is 1.75. The van der Waals surface area contributed by atoms with Crippen LogP contribution in [0.15, 0.2) is 12.3 Å². The van der Waals surface area contributed by atoms with Gasteiger partial charge >= 0.3 is 0 Å². The zero-order valence-corrected chi connectivity index (χ0v) is 11.6. The minimum Gasteiger partial charge on any atom is -0.397 e. The molecule has 0 unspecified atom stereocenters.